The second kappa shape index (κ2) is 13.6. The lowest BCUT2D eigenvalue weighted by molar-refractivity contribution is 0.0690. The maximum absolute atomic E-state index is 14.7. The number of anilines is 4. The monoisotopic (exact) mass is 671 g/mol. The number of aromatic carboxylic acids is 1. The van der Waals surface area contributed by atoms with Crippen LogP contribution in [0.3, 0.4) is 0 Å². The first-order valence-corrected chi connectivity index (χ1v) is 16.9. The Hall–Kier alpha value is -4.64. The molecule has 0 spiro atoms. The van der Waals surface area contributed by atoms with Crippen LogP contribution in [0.5, 0.6) is 5.75 Å². The van der Waals surface area contributed by atoms with Crippen LogP contribution in [0.15, 0.2) is 42.5 Å². The average molecular weight is 672 g/mol. The number of halogens is 1. The number of carboxylic acid groups (broad SMARTS) is 1. The normalized spacial score (nSPS) is 12.8. The zero-order valence-electron chi connectivity index (χ0n) is 26.5. The minimum Gasteiger partial charge on any atom is -0.491 e. The van der Waals surface area contributed by atoms with Gasteiger partial charge in [-0.15, -0.1) is 21.5 Å². The molecule has 1 aliphatic rings. The summed E-state index contributed by atoms with van der Waals surface area (Å²) in [5.41, 5.74) is 3.12. The highest BCUT2D eigenvalue weighted by molar-refractivity contribution is 7.22. The molecule has 0 bridgehead atoms. The number of nitrogens with one attached hydrogen (secondary N) is 2. The fourth-order valence-corrected chi connectivity index (χ4v) is 7.09. The average Bonchev–Trinajstić information content (AvgIpc) is 3.68. The predicted octanol–water partition coefficient (Wildman–Crippen LogP) is 6.88. The molecule has 0 fully saturated rings. The van der Waals surface area contributed by atoms with E-state index in [2.05, 4.69) is 42.6 Å². The van der Waals surface area contributed by atoms with Gasteiger partial charge in [0, 0.05) is 28.1 Å². The van der Waals surface area contributed by atoms with Gasteiger partial charge in [-0.2, -0.15) is 0 Å². The first-order valence-electron chi connectivity index (χ1n) is 15.3. The van der Waals surface area contributed by atoms with Crippen LogP contribution in [0.2, 0.25) is 0 Å². The molecule has 0 unspecified atom stereocenters. The molecule has 5 aromatic rings. The maximum atomic E-state index is 14.7. The molecule has 6 rings (SSSR count). The molecule has 4 heterocycles. The molecule has 1 aliphatic heterocycles. The van der Waals surface area contributed by atoms with Crippen LogP contribution in [0.25, 0.3) is 10.2 Å². The number of ether oxygens (including phenoxy) is 1. The Labute approximate surface area is 280 Å². The lowest BCUT2D eigenvalue weighted by atomic mass is 10.0. The van der Waals surface area contributed by atoms with Crippen LogP contribution >= 0.6 is 22.7 Å². The summed E-state index contributed by atoms with van der Waals surface area (Å²) >= 11 is 2.88. The van der Waals surface area contributed by atoms with E-state index in [-0.39, 0.29) is 23.6 Å². The van der Waals surface area contributed by atoms with E-state index in [0.29, 0.717) is 46.6 Å². The molecule has 3 N–H and O–H groups in total. The summed E-state index contributed by atoms with van der Waals surface area (Å²) in [5.74, 6) is 5.91. The second-order valence-corrected chi connectivity index (χ2v) is 13.7. The number of carbonyl (C=O) groups is 1. The zero-order chi connectivity index (χ0) is 33.1. The van der Waals surface area contributed by atoms with Crippen LogP contribution < -0.4 is 20.3 Å². The van der Waals surface area contributed by atoms with Crippen molar-refractivity contribution in [2.24, 2.45) is 0 Å². The Morgan fingerprint density at radius 3 is 2.77 bits per heavy atom. The minimum absolute atomic E-state index is 0.00882. The number of hydrogen-bond donors (Lipinski definition) is 3. The van der Waals surface area contributed by atoms with Gasteiger partial charge >= 0.3 is 5.97 Å². The molecule has 0 radical (unpaired) electrons. The van der Waals surface area contributed by atoms with Gasteiger partial charge in [0.2, 0.25) is 0 Å². The van der Waals surface area contributed by atoms with E-state index in [9.17, 15) is 14.3 Å². The fraction of sp³-hybridized carbons (Fsp3) is 0.324. The summed E-state index contributed by atoms with van der Waals surface area (Å²) in [6.45, 7) is 6.75. The van der Waals surface area contributed by atoms with Crippen LogP contribution in [0, 0.1) is 24.6 Å². The van der Waals surface area contributed by atoms with Crippen molar-refractivity contribution in [2.75, 3.05) is 30.4 Å². The third kappa shape index (κ3) is 7.20. The Kier molecular flexibility index (Phi) is 9.35. The van der Waals surface area contributed by atoms with Crippen molar-refractivity contribution in [2.45, 2.75) is 52.0 Å². The van der Waals surface area contributed by atoms with Crippen molar-refractivity contribution in [1.29, 1.82) is 0 Å². The molecule has 0 amide bonds. The third-order valence-corrected chi connectivity index (χ3v) is 10.00. The molecule has 3 aromatic heterocycles. The molecule has 47 heavy (non-hydrogen) atoms. The van der Waals surface area contributed by atoms with Crippen LogP contribution in [0.1, 0.15) is 58.7 Å². The lowest BCUT2D eigenvalue weighted by Gasteiger charge is -2.28. The Balaban J connectivity index is 1.13. The van der Waals surface area contributed by atoms with Gasteiger partial charge in [-0.3, -0.25) is 0 Å². The van der Waals surface area contributed by atoms with Crippen molar-refractivity contribution >= 4 is 60.8 Å². The quantitative estimate of drug-likeness (QED) is 0.107. The number of rotatable bonds is 10. The summed E-state index contributed by atoms with van der Waals surface area (Å²) in [5, 5.41) is 26.7. The highest BCUT2D eigenvalue weighted by atomic mass is 32.1. The summed E-state index contributed by atoms with van der Waals surface area (Å²) < 4.78 is 21.5. The number of carboxylic acids is 1. The minimum atomic E-state index is -1.09. The lowest BCUT2D eigenvalue weighted by Crippen LogP contribution is -2.34. The molecule has 0 saturated carbocycles. The van der Waals surface area contributed by atoms with E-state index < -0.39 is 11.8 Å². The van der Waals surface area contributed by atoms with Gasteiger partial charge in [-0.1, -0.05) is 35.3 Å². The van der Waals surface area contributed by atoms with E-state index >= 15 is 0 Å². The van der Waals surface area contributed by atoms with Crippen molar-refractivity contribution in [3.63, 3.8) is 0 Å². The van der Waals surface area contributed by atoms with E-state index in [0.717, 1.165) is 39.3 Å². The van der Waals surface area contributed by atoms with Gasteiger partial charge in [-0.25, -0.2) is 19.2 Å². The fourth-order valence-electron chi connectivity index (χ4n) is 5.10. The number of hydrogen-bond acceptors (Lipinski definition) is 11. The molecule has 13 heteroatoms. The number of aromatic nitrogens is 4. The first-order chi connectivity index (χ1) is 22.6. The molecule has 2 aromatic carbocycles. The van der Waals surface area contributed by atoms with Crippen molar-refractivity contribution in [1.82, 2.24) is 25.5 Å². The summed E-state index contributed by atoms with van der Waals surface area (Å²) in [7, 11) is 1.82. The molecular formula is C34H34FN7O3S2. The van der Waals surface area contributed by atoms with Gasteiger partial charge in [-0.05, 0) is 83.8 Å². The SMILES string of the molecule is CNC(C)(C)C#Cc1ccc(OCCCc2sc(N3CCCc4c3nnc(Nc3nc5ccccc5s3)c4C)nc2C(=O)O)c(F)c1. The number of thiazole rings is 2. The molecule has 0 aliphatic carbocycles. The molecule has 242 valence electrons. The van der Waals surface area contributed by atoms with Crippen molar-refractivity contribution in [3.8, 4) is 17.6 Å². The van der Waals surface area contributed by atoms with Gasteiger partial charge in [0.25, 0.3) is 0 Å². The number of para-hydroxylation sites is 1. The highest BCUT2D eigenvalue weighted by Gasteiger charge is 2.28. The predicted molar refractivity (Wildman–Crippen MR) is 184 cm³/mol. The second-order valence-electron chi connectivity index (χ2n) is 11.6. The molecule has 10 nitrogen and oxygen atoms in total. The Morgan fingerprint density at radius 2 is 2.00 bits per heavy atom. The van der Waals surface area contributed by atoms with Gasteiger partial charge in [0.15, 0.2) is 39.2 Å². The Morgan fingerprint density at radius 1 is 1.17 bits per heavy atom. The van der Waals surface area contributed by atoms with E-state index in [1.807, 2.05) is 57.0 Å². The number of benzene rings is 2. The summed E-state index contributed by atoms with van der Waals surface area (Å²) in [4.78, 5) is 23.9. The van der Waals surface area contributed by atoms with Crippen molar-refractivity contribution in [3.05, 3.63) is 75.5 Å². The van der Waals surface area contributed by atoms with Crippen LogP contribution in [-0.4, -0.2) is 57.0 Å². The van der Waals surface area contributed by atoms with E-state index in [1.54, 1.807) is 23.5 Å². The van der Waals surface area contributed by atoms with E-state index in [1.165, 1.54) is 17.4 Å². The maximum Gasteiger partial charge on any atom is 0.355 e. The van der Waals surface area contributed by atoms with E-state index in [4.69, 9.17) is 4.74 Å². The smallest absolute Gasteiger partial charge is 0.355 e. The van der Waals surface area contributed by atoms with Crippen LogP contribution in [0.4, 0.5) is 26.3 Å². The Bertz CT molecular complexity index is 1980. The van der Waals surface area contributed by atoms with Gasteiger partial charge in [0.1, 0.15) is 0 Å². The van der Waals surface area contributed by atoms with Gasteiger partial charge < -0.3 is 25.4 Å². The molecule has 0 atom stereocenters. The summed E-state index contributed by atoms with van der Waals surface area (Å²) in [6, 6.07) is 12.6. The number of nitrogens with zero attached hydrogens (tertiary/aromatic N) is 5. The zero-order valence-corrected chi connectivity index (χ0v) is 28.1. The van der Waals surface area contributed by atoms with Crippen molar-refractivity contribution < 1.29 is 19.0 Å². The standard InChI is InChI=1S/C34H34FN7O3S2/c1-20-22-9-7-17-42(30(22)41-40-29(20)39-32-37-24-10-5-6-11-26(24)46-32)33-38-28(31(43)44)27(47-33)12-8-18-45-25-14-13-21(19-23(25)35)15-16-34(2,3)36-4/h5-6,10-11,13-14,19,36H,7-9,12,17-18H2,1-4H3,(H,43,44)(H,37,39,40). The highest BCUT2D eigenvalue weighted by Crippen LogP contribution is 2.39. The number of aryl methyl sites for hydroxylation is 1. The largest absolute Gasteiger partial charge is 0.491 e. The number of fused-ring (bicyclic) bond motifs is 2. The molecule has 0 saturated heterocycles. The topological polar surface area (TPSA) is 125 Å². The first kappa shape index (κ1) is 32.3. The summed E-state index contributed by atoms with van der Waals surface area (Å²) in [6.07, 6.45) is 2.57. The third-order valence-electron chi connectivity index (χ3n) is 7.91. The van der Waals surface area contributed by atoms with Gasteiger partial charge in [0.05, 0.1) is 22.4 Å². The molecular weight excluding hydrogens is 638 g/mol. The van der Waals surface area contributed by atoms with Crippen LogP contribution in [-0.2, 0) is 12.8 Å².